The van der Waals surface area contributed by atoms with Crippen LogP contribution >= 0.6 is 0 Å². The molecule has 1 aliphatic rings. The predicted molar refractivity (Wildman–Crippen MR) is 73.9 cm³/mol. The Morgan fingerprint density at radius 1 is 1.37 bits per heavy atom. The van der Waals surface area contributed by atoms with Crippen molar-refractivity contribution in [2.24, 2.45) is 11.7 Å². The van der Waals surface area contributed by atoms with Gasteiger partial charge in [0, 0.05) is 18.4 Å². The molecule has 0 aromatic heterocycles. The van der Waals surface area contributed by atoms with Gasteiger partial charge in [-0.2, -0.15) is 4.90 Å². The first-order chi connectivity index (χ1) is 8.77. The Hall–Kier alpha value is -2.24. The van der Waals surface area contributed by atoms with Gasteiger partial charge in [0.25, 0.3) is 0 Å². The number of amides is 1. The van der Waals surface area contributed by atoms with E-state index in [1.54, 1.807) is 25.3 Å². The molecule has 6 heteroatoms. The molecule has 1 unspecified atom stereocenters. The zero-order chi connectivity index (χ0) is 14.6. The molecule has 0 saturated carbocycles. The second-order valence-electron chi connectivity index (χ2n) is 4.86. The van der Waals surface area contributed by atoms with Crippen molar-refractivity contribution < 1.29 is 9.70 Å². The number of nitrogens with zero attached hydrogens (tertiary/aromatic N) is 1. The molecule has 0 spiro atoms. The Bertz CT molecular complexity index is 467. The van der Waals surface area contributed by atoms with E-state index in [-0.39, 0.29) is 11.6 Å². The number of nitrogens with one attached hydrogen (secondary N) is 1. The summed E-state index contributed by atoms with van der Waals surface area (Å²) in [6.07, 6.45) is 7.66. The summed E-state index contributed by atoms with van der Waals surface area (Å²) in [4.78, 5) is 11.0. The van der Waals surface area contributed by atoms with E-state index in [1.807, 2.05) is 13.8 Å². The monoisotopic (exact) mass is 264 g/mol. The molecule has 0 radical (unpaired) electrons. The average molecular weight is 264 g/mol. The van der Waals surface area contributed by atoms with Crippen molar-refractivity contribution in [2.45, 2.75) is 26.3 Å². The minimum absolute atomic E-state index is 0.0132. The molecule has 0 aliphatic heterocycles. The molecule has 6 nitrogen and oxygen atoms in total. The lowest BCUT2D eigenvalue weighted by Gasteiger charge is -2.31. The van der Waals surface area contributed by atoms with Crippen LogP contribution in [-0.4, -0.2) is 22.1 Å². The summed E-state index contributed by atoms with van der Waals surface area (Å²) >= 11 is 0. The topological polar surface area (TPSA) is 104 Å². The molecule has 0 heterocycles. The van der Waals surface area contributed by atoms with Crippen molar-refractivity contribution in [2.75, 3.05) is 0 Å². The van der Waals surface area contributed by atoms with Crippen molar-refractivity contribution >= 4 is 11.6 Å². The van der Waals surface area contributed by atoms with Crippen LogP contribution < -0.4 is 11.1 Å². The van der Waals surface area contributed by atoms with Gasteiger partial charge in [0.1, 0.15) is 5.54 Å². The van der Waals surface area contributed by atoms with Crippen molar-refractivity contribution in [1.82, 2.24) is 5.32 Å². The second-order valence-corrected chi connectivity index (χ2v) is 4.86. The number of carbonyl (C=O) groups is 1. The molecule has 19 heavy (non-hydrogen) atoms. The highest BCUT2D eigenvalue weighted by Gasteiger charge is 2.33. The maximum atomic E-state index is 11.5. The lowest BCUT2D eigenvalue weighted by molar-refractivity contribution is -0.377. The Morgan fingerprint density at radius 3 is 2.26 bits per heavy atom. The molecular weight excluding hydrogens is 246 g/mol. The summed E-state index contributed by atoms with van der Waals surface area (Å²) < 4.78 is 0. The van der Waals surface area contributed by atoms with E-state index in [1.165, 1.54) is 12.2 Å². The molecule has 0 saturated heterocycles. The van der Waals surface area contributed by atoms with Crippen LogP contribution in [0.15, 0.2) is 36.1 Å². The molecule has 1 aliphatic carbocycles. The molecule has 104 valence electrons. The third kappa shape index (κ3) is 3.37. The average Bonchev–Trinajstić information content (AvgIpc) is 2.35. The summed E-state index contributed by atoms with van der Waals surface area (Å²) in [5.41, 5.74) is 5.29. The lowest BCUT2D eigenvalue weighted by Crippen LogP contribution is -2.54. The molecule has 0 fully saturated rings. The molecule has 1 rings (SSSR count). The summed E-state index contributed by atoms with van der Waals surface area (Å²) in [5, 5.41) is 24.0. The zero-order valence-corrected chi connectivity index (χ0v) is 11.2. The normalized spacial score (nSPS) is 17.3. The largest absolute Gasteiger partial charge is 0.612 e. The number of hydrogen-bond acceptors (Lipinski definition) is 4. The summed E-state index contributed by atoms with van der Waals surface area (Å²) in [6, 6.07) is 0. The molecule has 1 atom stereocenters. The zero-order valence-electron chi connectivity index (χ0n) is 11.2. The SMILES string of the molecule is CC(C)C(C)(NC=C1C=CC(=[N+]([O-])[O-])C=C1)C(N)=O. The van der Waals surface area contributed by atoms with Gasteiger partial charge in [-0.05, 0) is 30.6 Å². The Kier molecular flexibility index (Phi) is 4.37. The number of allylic oxidation sites excluding steroid dienone is 5. The van der Waals surface area contributed by atoms with E-state index in [0.717, 1.165) is 5.57 Å². The third-order valence-corrected chi connectivity index (χ3v) is 3.31. The molecule has 3 N–H and O–H groups in total. The first-order valence-corrected chi connectivity index (χ1v) is 5.92. The van der Waals surface area contributed by atoms with Crippen molar-refractivity contribution in [3.05, 3.63) is 46.5 Å². The molecular formula is C13H18N3O3-. The van der Waals surface area contributed by atoms with Crippen LogP contribution in [0, 0.1) is 16.3 Å². The number of primary amides is 1. The van der Waals surface area contributed by atoms with Crippen LogP contribution in [0.3, 0.4) is 0 Å². The van der Waals surface area contributed by atoms with Crippen LogP contribution in [0.5, 0.6) is 0 Å². The fourth-order valence-electron chi connectivity index (χ4n) is 1.45. The number of rotatable bonds is 4. The predicted octanol–water partition coefficient (Wildman–Crippen LogP) is 0.935. The number of carbonyl (C=O) groups excluding carboxylic acids is 1. The third-order valence-electron chi connectivity index (χ3n) is 3.31. The van der Waals surface area contributed by atoms with Crippen molar-refractivity contribution in [3.63, 3.8) is 0 Å². The summed E-state index contributed by atoms with van der Waals surface area (Å²) in [5.74, 6) is -0.431. The summed E-state index contributed by atoms with van der Waals surface area (Å²) in [6.45, 7) is 5.50. The Labute approximate surface area is 112 Å². The van der Waals surface area contributed by atoms with E-state index in [4.69, 9.17) is 5.73 Å². The van der Waals surface area contributed by atoms with Gasteiger partial charge < -0.3 is 21.5 Å². The van der Waals surface area contributed by atoms with Crippen LogP contribution in [0.25, 0.3) is 0 Å². The van der Waals surface area contributed by atoms with E-state index < -0.39 is 16.3 Å². The fraction of sp³-hybridized carbons (Fsp3) is 0.385. The second kappa shape index (κ2) is 5.60. The van der Waals surface area contributed by atoms with E-state index in [2.05, 4.69) is 5.32 Å². The minimum atomic E-state index is -0.859. The van der Waals surface area contributed by atoms with Gasteiger partial charge in [-0.3, -0.25) is 4.79 Å². The smallest absolute Gasteiger partial charge is 0.243 e. The van der Waals surface area contributed by atoms with Gasteiger partial charge in [-0.15, -0.1) is 0 Å². The van der Waals surface area contributed by atoms with Gasteiger partial charge in [0.05, 0.1) is 0 Å². The fourth-order valence-corrected chi connectivity index (χ4v) is 1.45. The maximum absolute atomic E-state index is 11.5. The maximum Gasteiger partial charge on any atom is 0.243 e. The minimum Gasteiger partial charge on any atom is -0.612 e. The quantitative estimate of drug-likeness (QED) is 0.582. The molecule has 0 aromatic rings. The van der Waals surface area contributed by atoms with Crippen molar-refractivity contribution in [3.8, 4) is 0 Å². The first kappa shape index (κ1) is 14.8. The Morgan fingerprint density at radius 2 is 1.89 bits per heavy atom. The van der Waals surface area contributed by atoms with Gasteiger partial charge in [-0.1, -0.05) is 13.8 Å². The van der Waals surface area contributed by atoms with Gasteiger partial charge in [-0.25, -0.2) is 0 Å². The lowest BCUT2D eigenvalue weighted by atomic mass is 9.88. The summed E-state index contributed by atoms with van der Waals surface area (Å²) in [7, 11) is 0. The van der Waals surface area contributed by atoms with Crippen LogP contribution in [0.2, 0.25) is 0 Å². The Balaban J connectivity index is 2.85. The number of hydrogen-bond donors (Lipinski definition) is 2. The van der Waals surface area contributed by atoms with Gasteiger partial charge >= 0.3 is 0 Å². The number of nitrogens with two attached hydrogens (primary N) is 1. The van der Waals surface area contributed by atoms with Crippen LogP contribution in [0.1, 0.15) is 20.8 Å². The van der Waals surface area contributed by atoms with E-state index in [9.17, 15) is 15.2 Å². The highest BCUT2D eigenvalue weighted by atomic mass is 16.8. The molecule has 0 bridgehead atoms. The van der Waals surface area contributed by atoms with Crippen LogP contribution in [0.4, 0.5) is 0 Å². The van der Waals surface area contributed by atoms with Crippen LogP contribution in [-0.2, 0) is 4.79 Å². The molecule has 1 amide bonds. The molecule has 0 aromatic carbocycles. The van der Waals surface area contributed by atoms with Crippen molar-refractivity contribution in [1.29, 1.82) is 0 Å². The highest BCUT2D eigenvalue weighted by molar-refractivity contribution is 6.02. The highest BCUT2D eigenvalue weighted by Crippen LogP contribution is 2.17. The van der Waals surface area contributed by atoms with Gasteiger partial charge in [0.15, 0.2) is 0 Å². The van der Waals surface area contributed by atoms with Gasteiger partial charge in [0.2, 0.25) is 11.6 Å². The standard InChI is InChI=1S/C13H18N3O3/c1-9(2)13(3,12(14)17)15-8-10-4-6-11(7-5-10)16(18)19/h4-9,15H,1-3H3,(H2-,14,17,18,19)/q-1. The van der Waals surface area contributed by atoms with E-state index >= 15 is 0 Å². The first-order valence-electron chi connectivity index (χ1n) is 5.92. The van der Waals surface area contributed by atoms with E-state index in [0.29, 0.717) is 0 Å².